The Balaban J connectivity index is 1.29. The molecule has 1 aromatic heterocycles. The maximum absolute atomic E-state index is 12.6. The zero-order valence-corrected chi connectivity index (χ0v) is 23.4. The monoisotopic (exact) mass is 565 g/mol. The second-order valence-corrected chi connectivity index (χ2v) is 10.1. The third-order valence-electron chi connectivity index (χ3n) is 6.73. The van der Waals surface area contributed by atoms with Crippen molar-refractivity contribution in [2.24, 2.45) is 5.92 Å². The molecular weight excluding hydrogens is 530 g/mol. The zero-order chi connectivity index (χ0) is 29.4. The molecule has 3 aromatic rings. The van der Waals surface area contributed by atoms with Gasteiger partial charge in [-0.15, -0.1) is 0 Å². The number of carbonyl (C=O) groups is 3. The lowest BCUT2D eigenvalue weighted by atomic mass is 10.0. The predicted octanol–water partition coefficient (Wildman–Crippen LogP) is 2.40. The molecule has 2 heterocycles. The molecule has 3 amide bonds. The molecule has 41 heavy (non-hydrogen) atoms. The average molecular weight is 566 g/mol. The number of rotatable bonds is 12. The van der Waals surface area contributed by atoms with Crippen LogP contribution in [0.5, 0.6) is 11.5 Å². The largest absolute Gasteiger partial charge is 0.497 e. The van der Waals surface area contributed by atoms with Crippen molar-refractivity contribution in [3.05, 3.63) is 59.0 Å². The van der Waals surface area contributed by atoms with Crippen LogP contribution in [0.25, 0.3) is 22.1 Å². The highest BCUT2D eigenvalue weighted by Crippen LogP contribution is 2.30. The van der Waals surface area contributed by atoms with Gasteiger partial charge in [0.1, 0.15) is 23.1 Å². The Kier molecular flexibility index (Phi) is 9.96. The van der Waals surface area contributed by atoms with E-state index in [2.05, 4.69) is 16.0 Å². The van der Waals surface area contributed by atoms with Crippen LogP contribution in [-0.2, 0) is 19.1 Å². The van der Waals surface area contributed by atoms with Crippen LogP contribution in [0.1, 0.15) is 26.7 Å². The van der Waals surface area contributed by atoms with E-state index >= 15 is 0 Å². The molecular formula is C30H35N3O8. The molecule has 0 unspecified atom stereocenters. The quantitative estimate of drug-likeness (QED) is 0.284. The molecule has 0 bridgehead atoms. The van der Waals surface area contributed by atoms with Crippen LogP contribution in [0.15, 0.2) is 57.7 Å². The Morgan fingerprint density at radius 2 is 1.76 bits per heavy atom. The van der Waals surface area contributed by atoms with Gasteiger partial charge >= 0.3 is 5.63 Å². The minimum atomic E-state index is -0.743. The topological polar surface area (TPSA) is 145 Å². The summed E-state index contributed by atoms with van der Waals surface area (Å²) in [5, 5.41) is 8.69. The van der Waals surface area contributed by atoms with Crippen LogP contribution < -0.4 is 31.0 Å². The van der Waals surface area contributed by atoms with Crippen LogP contribution in [0.3, 0.4) is 0 Å². The minimum absolute atomic E-state index is 0.00378. The van der Waals surface area contributed by atoms with Crippen molar-refractivity contribution in [1.82, 2.24) is 16.0 Å². The SMILES string of the molecule is COc1ccc(-c2cc(=O)oc3cc(OCC(=O)NCC(=O)N[C@H](C(=O)NC[C@@H]4CCCO4)C(C)C)ccc23)cc1. The Labute approximate surface area is 237 Å². The van der Waals surface area contributed by atoms with Gasteiger partial charge in [-0.2, -0.15) is 0 Å². The van der Waals surface area contributed by atoms with Gasteiger partial charge in [0, 0.05) is 30.7 Å². The molecule has 4 rings (SSSR count). The standard InChI is InChI=1S/C30H35N3O8/c1-18(2)29(30(37)32-15-22-5-4-12-39-22)33-26(34)16-31-27(35)17-40-21-10-11-23-24(14-28(36)41-25(23)13-21)19-6-8-20(38-3)9-7-19/h6-11,13-14,18,22,29H,4-5,12,15-17H2,1-3H3,(H,31,35)(H,32,37)(H,33,34)/t22-,29-/m0/s1. The minimum Gasteiger partial charge on any atom is -0.497 e. The van der Waals surface area contributed by atoms with Crippen molar-refractivity contribution < 1.29 is 33.0 Å². The first-order valence-electron chi connectivity index (χ1n) is 13.5. The molecule has 1 fully saturated rings. The van der Waals surface area contributed by atoms with E-state index in [-0.39, 0.29) is 31.1 Å². The Morgan fingerprint density at radius 3 is 2.44 bits per heavy atom. The van der Waals surface area contributed by atoms with Gasteiger partial charge in [-0.3, -0.25) is 14.4 Å². The summed E-state index contributed by atoms with van der Waals surface area (Å²) in [6.07, 6.45) is 1.86. The first kappa shape index (κ1) is 29.6. The first-order valence-corrected chi connectivity index (χ1v) is 13.5. The zero-order valence-electron chi connectivity index (χ0n) is 23.4. The number of ether oxygens (including phenoxy) is 3. The number of benzene rings is 2. The van der Waals surface area contributed by atoms with Gasteiger partial charge in [-0.1, -0.05) is 26.0 Å². The lowest BCUT2D eigenvalue weighted by Crippen LogP contribution is -2.53. The van der Waals surface area contributed by atoms with Gasteiger partial charge in [0.05, 0.1) is 19.8 Å². The number of nitrogens with one attached hydrogen (secondary N) is 3. The molecule has 218 valence electrons. The number of carbonyl (C=O) groups excluding carboxylic acids is 3. The Bertz CT molecular complexity index is 1430. The second kappa shape index (κ2) is 13.8. The summed E-state index contributed by atoms with van der Waals surface area (Å²) in [4.78, 5) is 49.6. The van der Waals surface area contributed by atoms with Crippen LogP contribution in [0.2, 0.25) is 0 Å². The van der Waals surface area contributed by atoms with Crippen LogP contribution in [0, 0.1) is 5.92 Å². The number of methoxy groups -OCH3 is 1. The van der Waals surface area contributed by atoms with Crippen molar-refractivity contribution in [2.45, 2.75) is 38.8 Å². The number of amides is 3. The Morgan fingerprint density at radius 1 is 1.00 bits per heavy atom. The molecule has 1 aliphatic rings. The van der Waals surface area contributed by atoms with E-state index in [0.29, 0.717) is 41.2 Å². The van der Waals surface area contributed by atoms with E-state index in [1.54, 1.807) is 31.4 Å². The molecule has 11 heteroatoms. The molecule has 2 atom stereocenters. The van der Waals surface area contributed by atoms with E-state index in [0.717, 1.165) is 18.4 Å². The van der Waals surface area contributed by atoms with Crippen LogP contribution >= 0.6 is 0 Å². The van der Waals surface area contributed by atoms with Gasteiger partial charge in [-0.25, -0.2) is 4.79 Å². The highest BCUT2D eigenvalue weighted by atomic mass is 16.5. The fourth-order valence-electron chi connectivity index (χ4n) is 4.51. The van der Waals surface area contributed by atoms with E-state index in [1.807, 2.05) is 26.0 Å². The van der Waals surface area contributed by atoms with Gasteiger partial charge < -0.3 is 34.6 Å². The van der Waals surface area contributed by atoms with Crippen molar-refractivity contribution >= 4 is 28.7 Å². The summed E-state index contributed by atoms with van der Waals surface area (Å²) in [6, 6.07) is 12.9. The van der Waals surface area contributed by atoms with Gasteiger partial charge in [0.25, 0.3) is 5.91 Å². The summed E-state index contributed by atoms with van der Waals surface area (Å²) in [5.41, 5.74) is 1.28. The fraction of sp³-hybridized carbons (Fsp3) is 0.400. The molecule has 0 radical (unpaired) electrons. The lowest BCUT2D eigenvalue weighted by molar-refractivity contribution is -0.131. The highest BCUT2D eigenvalue weighted by molar-refractivity contribution is 5.94. The van der Waals surface area contributed by atoms with Gasteiger partial charge in [-0.05, 0) is 54.2 Å². The summed E-state index contributed by atoms with van der Waals surface area (Å²) in [6.45, 7) is 4.06. The number of fused-ring (bicyclic) bond motifs is 1. The average Bonchev–Trinajstić information content (AvgIpc) is 3.49. The first-order chi connectivity index (χ1) is 19.7. The summed E-state index contributed by atoms with van der Waals surface area (Å²) >= 11 is 0. The highest BCUT2D eigenvalue weighted by Gasteiger charge is 2.25. The third-order valence-corrected chi connectivity index (χ3v) is 6.73. The van der Waals surface area contributed by atoms with E-state index in [4.69, 9.17) is 18.6 Å². The van der Waals surface area contributed by atoms with Gasteiger partial charge in [0.15, 0.2) is 6.61 Å². The van der Waals surface area contributed by atoms with Crippen LogP contribution in [0.4, 0.5) is 0 Å². The molecule has 1 saturated heterocycles. The number of hydrogen-bond acceptors (Lipinski definition) is 8. The molecule has 0 aliphatic carbocycles. The third kappa shape index (κ3) is 8.07. The molecule has 3 N–H and O–H groups in total. The smallest absolute Gasteiger partial charge is 0.336 e. The maximum atomic E-state index is 12.6. The Hall–Kier alpha value is -4.38. The van der Waals surface area contributed by atoms with Crippen molar-refractivity contribution in [1.29, 1.82) is 0 Å². The van der Waals surface area contributed by atoms with Crippen molar-refractivity contribution in [3.8, 4) is 22.6 Å². The second-order valence-electron chi connectivity index (χ2n) is 10.1. The fourth-order valence-corrected chi connectivity index (χ4v) is 4.51. The van der Waals surface area contributed by atoms with Crippen molar-refractivity contribution in [2.75, 3.05) is 33.4 Å². The lowest BCUT2D eigenvalue weighted by Gasteiger charge is -2.22. The maximum Gasteiger partial charge on any atom is 0.336 e. The summed E-state index contributed by atoms with van der Waals surface area (Å²) in [7, 11) is 1.58. The molecule has 0 saturated carbocycles. The van der Waals surface area contributed by atoms with E-state index < -0.39 is 23.5 Å². The molecule has 11 nitrogen and oxygen atoms in total. The molecule has 2 aromatic carbocycles. The normalized spacial score (nSPS) is 15.4. The number of hydrogen-bond donors (Lipinski definition) is 3. The van der Waals surface area contributed by atoms with Gasteiger partial charge in [0.2, 0.25) is 11.8 Å². The summed E-state index contributed by atoms with van der Waals surface area (Å²) in [5.74, 6) is -0.463. The summed E-state index contributed by atoms with van der Waals surface area (Å²) < 4.78 is 21.6. The van der Waals surface area contributed by atoms with E-state index in [9.17, 15) is 19.2 Å². The van der Waals surface area contributed by atoms with Crippen molar-refractivity contribution in [3.63, 3.8) is 0 Å². The predicted molar refractivity (Wildman–Crippen MR) is 152 cm³/mol. The van der Waals surface area contributed by atoms with Crippen LogP contribution in [-0.4, -0.2) is 63.3 Å². The molecule has 1 aliphatic heterocycles. The van der Waals surface area contributed by atoms with E-state index in [1.165, 1.54) is 12.1 Å². The molecule has 0 spiro atoms.